The van der Waals surface area contributed by atoms with Crippen molar-refractivity contribution in [2.24, 2.45) is 11.8 Å². The maximum Gasteiger partial charge on any atom is 0.308 e. The van der Waals surface area contributed by atoms with Crippen LogP contribution in [0.1, 0.15) is 98.8 Å². The average Bonchev–Trinajstić information content (AvgIpc) is 2.55. The van der Waals surface area contributed by atoms with Crippen molar-refractivity contribution in [1.29, 1.82) is 0 Å². The van der Waals surface area contributed by atoms with Crippen LogP contribution in [0, 0.1) is 11.8 Å². The van der Waals surface area contributed by atoms with Gasteiger partial charge in [-0.3, -0.25) is 9.59 Å². The van der Waals surface area contributed by atoms with Crippen molar-refractivity contribution in [2.75, 3.05) is 6.61 Å². The Bertz CT molecular complexity index is 381. The van der Waals surface area contributed by atoms with Crippen molar-refractivity contribution in [3.05, 3.63) is 0 Å². The summed E-state index contributed by atoms with van der Waals surface area (Å²) in [7, 11) is 0. The molecule has 0 aliphatic heterocycles. The minimum atomic E-state index is -0.920. The third-order valence-electron chi connectivity index (χ3n) is 4.26. The van der Waals surface area contributed by atoms with Gasteiger partial charge in [0.2, 0.25) is 0 Å². The number of aliphatic carboxylic acids is 1. The zero-order chi connectivity index (χ0) is 21.9. The van der Waals surface area contributed by atoms with Crippen LogP contribution >= 0.6 is 0 Å². The highest BCUT2D eigenvalue weighted by Crippen LogP contribution is 2.12. The average molecular weight is 405 g/mol. The van der Waals surface area contributed by atoms with E-state index in [-0.39, 0.29) is 18.8 Å². The van der Waals surface area contributed by atoms with Gasteiger partial charge in [-0.1, -0.05) is 66.2 Å². The molecule has 0 spiro atoms. The molecule has 0 aromatic rings. The van der Waals surface area contributed by atoms with E-state index in [2.05, 4.69) is 27.7 Å². The molecule has 168 valence electrons. The van der Waals surface area contributed by atoms with Gasteiger partial charge < -0.3 is 20.1 Å². The molecule has 0 aliphatic carbocycles. The van der Waals surface area contributed by atoms with Gasteiger partial charge in [-0.25, -0.2) is 0 Å². The van der Waals surface area contributed by atoms with E-state index in [4.69, 9.17) is 9.84 Å². The van der Waals surface area contributed by atoms with Crippen LogP contribution in [0.15, 0.2) is 0 Å². The van der Waals surface area contributed by atoms with Crippen LogP contribution in [0.4, 0.5) is 0 Å². The molecule has 0 aromatic heterocycles. The predicted octanol–water partition coefficient (Wildman–Crippen LogP) is 4.56. The number of aliphatic hydroxyl groups is 2. The lowest BCUT2D eigenvalue weighted by atomic mass is 10.0. The summed E-state index contributed by atoms with van der Waals surface area (Å²) < 4.78 is 4.76. The fourth-order valence-electron chi connectivity index (χ4n) is 2.68. The first-order valence-corrected chi connectivity index (χ1v) is 10.8. The van der Waals surface area contributed by atoms with Gasteiger partial charge in [-0.05, 0) is 31.6 Å². The maximum atomic E-state index is 11.0. The summed E-state index contributed by atoms with van der Waals surface area (Å²) in [6.45, 7) is 10.9. The molecule has 0 radical (unpaired) electrons. The summed E-state index contributed by atoms with van der Waals surface area (Å²) in [5, 5.41) is 27.1. The molecule has 6 nitrogen and oxygen atoms in total. The number of carboxylic acid groups (broad SMARTS) is 1. The predicted molar refractivity (Wildman–Crippen MR) is 112 cm³/mol. The highest BCUT2D eigenvalue weighted by Gasteiger charge is 2.11. The molecule has 0 amide bonds. The van der Waals surface area contributed by atoms with E-state index in [1.165, 1.54) is 6.42 Å². The lowest BCUT2D eigenvalue weighted by Crippen LogP contribution is -2.15. The highest BCUT2D eigenvalue weighted by molar-refractivity contribution is 5.69. The highest BCUT2D eigenvalue weighted by atomic mass is 16.5. The summed E-state index contributed by atoms with van der Waals surface area (Å²) in [4.78, 5) is 21.2. The van der Waals surface area contributed by atoms with Crippen LogP contribution < -0.4 is 0 Å². The van der Waals surface area contributed by atoms with Gasteiger partial charge in [0.25, 0.3) is 0 Å². The minimum Gasteiger partial charge on any atom is -0.481 e. The third-order valence-corrected chi connectivity index (χ3v) is 4.26. The van der Waals surface area contributed by atoms with Crippen LogP contribution in [0.25, 0.3) is 0 Å². The van der Waals surface area contributed by atoms with E-state index in [0.29, 0.717) is 31.3 Å². The summed E-state index contributed by atoms with van der Waals surface area (Å²) in [6, 6.07) is 0. The number of rotatable bonds is 15. The molecular weight excluding hydrogens is 360 g/mol. The first kappa shape index (κ1) is 29.1. The largest absolute Gasteiger partial charge is 0.481 e. The molecule has 0 aromatic carbocycles. The quantitative estimate of drug-likeness (QED) is 0.273. The third kappa shape index (κ3) is 24.9. The van der Waals surface area contributed by atoms with E-state index in [0.717, 1.165) is 32.1 Å². The fraction of sp³-hybridized carbons (Fsp3) is 0.909. The van der Waals surface area contributed by atoms with Crippen LogP contribution in [-0.2, 0) is 14.3 Å². The number of aliphatic hydroxyl groups excluding tert-OH is 2. The second kappa shape index (κ2) is 19.2. The van der Waals surface area contributed by atoms with E-state index in [9.17, 15) is 19.8 Å². The van der Waals surface area contributed by atoms with Crippen LogP contribution in [-0.4, -0.2) is 46.1 Å². The monoisotopic (exact) mass is 404 g/mol. The maximum absolute atomic E-state index is 11.0. The molecule has 28 heavy (non-hydrogen) atoms. The van der Waals surface area contributed by atoms with Gasteiger partial charge in [0, 0.05) is 0 Å². The number of ether oxygens (including phenoxy) is 1. The second-order valence-electron chi connectivity index (χ2n) is 8.27. The minimum absolute atomic E-state index is 0.123. The molecule has 0 aliphatic rings. The molecule has 0 saturated heterocycles. The van der Waals surface area contributed by atoms with Crippen molar-refractivity contribution < 1.29 is 29.6 Å². The first-order chi connectivity index (χ1) is 13.1. The van der Waals surface area contributed by atoms with Crippen LogP contribution in [0.2, 0.25) is 0 Å². The van der Waals surface area contributed by atoms with E-state index in [1.54, 1.807) is 6.92 Å². The van der Waals surface area contributed by atoms with Gasteiger partial charge in [-0.2, -0.15) is 0 Å². The molecule has 0 heterocycles. The van der Waals surface area contributed by atoms with Gasteiger partial charge in [-0.15, -0.1) is 0 Å². The first-order valence-electron chi connectivity index (χ1n) is 10.8. The van der Waals surface area contributed by atoms with Crippen molar-refractivity contribution in [3.63, 3.8) is 0 Å². The molecule has 0 bridgehead atoms. The molecule has 2 atom stereocenters. The zero-order valence-electron chi connectivity index (χ0n) is 18.7. The summed E-state index contributed by atoms with van der Waals surface area (Å²) in [5.74, 6) is 0.189. The van der Waals surface area contributed by atoms with Crippen molar-refractivity contribution in [2.45, 2.75) is 111 Å². The number of hydrogen-bond donors (Lipinski definition) is 3. The number of esters is 1. The molecular formula is C22H44O6. The lowest BCUT2D eigenvalue weighted by molar-refractivity contribution is -0.145. The molecule has 0 saturated carbocycles. The summed E-state index contributed by atoms with van der Waals surface area (Å²) >= 11 is 0. The Kier molecular flexibility index (Phi) is 19.9. The Hall–Kier alpha value is -1.14. The number of carbonyl (C=O) groups excluding carboxylic acids is 1. The van der Waals surface area contributed by atoms with Crippen molar-refractivity contribution in [1.82, 2.24) is 0 Å². The molecule has 2 unspecified atom stereocenters. The lowest BCUT2D eigenvalue weighted by Gasteiger charge is -2.10. The van der Waals surface area contributed by atoms with Gasteiger partial charge in [0.15, 0.2) is 0 Å². The smallest absolute Gasteiger partial charge is 0.308 e. The van der Waals surface area contributed by atoms with Gasteiger partial charge in [0.05, 0.1) is 31.7 Å². The van der Waals surface area contributed by atoms with Crippen LogP contribution in [0.5, 0.6) is 0 Å². The van der Waals surface area contributed by atoms with E-state index in [1.807, 2.05) is 0 Å². The van der Waals surface area contributed by atoms with Gasteiger partial charge in [0.1, 0.15) is 0 Å². The van der Waals surface area contributed by atoms with E-state index >= 15 is 0 Å². The summed E-state index contributed by atoms with van der Waals surface area (Å²) in [5.41, 5.74) is 0. The zero-order valence-corrected chi connectivity index (χ0v) is 18.7. The molecule has 3 N–H and O–H groups in total. The normalized spacial score (nSPS) is 13.0. The summed E-state index contributed by atoms with van der Waals surface area (Å²) in [6.07, 6.45) is 6.58. The number of carboxylic acids is 1. The van der Waals surface area contributed by atoms with E-state index < -0.39 is 18.2 Å². The Morgan fingerprint density at radius 1 is 0.750 bits per heavy atom. The Balaban J connectivity index is 0. The molecule has 6 heteroatoms. The number of hydrogen-bond acceptors (Lipinski definition) is 5. The SMILES string of the molecule is CC(C)CCCCC(O)CC(=O)O.CCOC(=O)CC(O)CCCCC(C)C. The number of carbonyl (C=O) groups is 2. The van der Waals surface area contributed by atoms with Gasteiger partial charge >= 0.3 is 11.9 Å². The fourth-order valence-corrected chi connectivity index (χ4v) is 2.68. The molecule has 0 rings (SSSR count). The van der Waals surface area contributed by atoms with Crippen molar-refractivity contribution >= 4 is 11.9 Å². The van der Waals surface area contributed by atoms with Crippen LogP contribution in [0.3, 0.4) is 0 Å². The Morgan fingerprint density at radius 3 is 1.50 bits per heavy atom. The van der Waals surface area contributed by atoms with Crippen molar-refractivity contribution in [3.8, 4) is 0 Å². The molecule has 0 fully saturated rings. The second-order valence-corrected chi connectivity index (χ2v) is 8.27. The topological polar surface area (TPSA) is 104 Å². The number of unbranched alkanes of at least 4 members (excludes halogenated alkanes) is 2. The Labute approximate surface area is 171 Å². The Morgan fingerprint density at radius 2 is 1.14 bits per heavy atom. The standard InChI is InChI=1S/C12H24O3.C10H20O3/c1-4-15-12(14)9-11(13)8-6-5-7-10(2)3;1-8(2)5-3-4-6-9(11)7-10(12)13/h10-11,13H,4-9H2,1-3H3;8-9,11H,3-7H2,1-2H3,(H,12,13).